The average molecular weight is 285 g/mol. The first-order valence-corrected chi connectivity index (χ1v) is 7.14. The maximum Gasteiger partial charge on any atom is 0.326 e. The summed E-state index contributed by atoms with van der Waals surface area (Å²) in [6.07, 6.45) is 2.21. The largest absolute Gasteiger partial charge is 0.480 e. The molecule has 4 nitrogen and oxygen atoms in total. The minimum absolute atomic E-state index is 0.259. The van der Waals surface area contributed by atoms with Gasteiger partial charge in [0, 0.05) is 5.56 Å². The molecule has 6 heteroatoms. The third-order valence-corrected chi connectivity index (χ3v) is 3.28. The van der Waals surface area contributed by atoms with E-state index in [4.69, 9.17) is 5.11 Å². The number of aliphatic carboxylic acids is 1. The summed E-state index contributed by atoms with van der Waals surface area (Å²) in [6, 6.07) is 3.01. The Morgan fingerprint density at radius 3 is 2.68 bits per heavy atom. The van der Waals surface area contributed by atoms with Crippen LogP contribution in [0.25, 0.3) is 0 Å². The highest BCUT2D eigenvalue weighted by molar-refractivity contribution is 7.98. The van der Waals surface area contributed by atoms with Gasteiger partial charge in [0.2, 0.25) is 0 Å². The zero-order valence-corrected chi connectivity index (χ0v) is 11.6. The molecule has 0 spiro atoms. The number of carboxylic acid groups (broad SMARTS) is 1. The number of hydrogen-bond donors (Lipinski definition) is 2. The Morgan fingerprint density at radius 2 is 2.16 bits per heavy atom. The van der Waals surface area contributed by atoms with Gasteiger partial charge in [0.15, 0.2) is 0 Å². The molecule has 1 amide bonds. The number of carbonyl (C=O) groups is 2. The molecule has 1 atom stereocenters. The first kappa shape index (κ1) is 15.5. The second-order valence-corrected chi connectivity index (χ2v) is 5.10. The number of amides is 1. The van der Waals surface area contributed by atoms with Crippen LogP contribution in [0.15, 0.2) is 18.2 Å². The molecule has 1 aromatic rings. The van der Waals surface area contributed by atoms with E-state index in [0.29, 0.717) is 17.7 Å². The highest BCUT2D eigenvalue weighted by atomic mass is 32.2. The van der Waals surface area contributed by atoms with Gasteiger partial charge in [0.05, 0.1) is 0 Å². The van der Waals surface area contributed by atoms with Gasteiger partial charge >= 0.3 is 5.97 Å². The normalized spacial score (nSPS) is 11.9. The maximum absolute atomic E-state index is 13.1. The van der Waals surface area contributed by atoms with Crippen LogP contribution in [0.1, 0.15) is 22.3 Å². The summed E-state index contributed by atoms with van der Waals surface area (Å²) in [5, 5.41) is 11.5. The molecule has 2 N–H and O–H groups in total. The molecule has 0 unspecified atom stereocenters. The molecule has 0 fully saturated rings. The minimum Gasteiger partial charge on any atom is -0.480 e. The first-order valence-electron chi connectivity index (χ1n) is 5.74. The van der Waals surface area contributed by atoms with Crippen molar-refractivity contribution in [2.24, 2.45) is 0 Å². The summed E-state index contributed by atoms with van der Waals surface area (Å²) < 4.78 is 13.1. The summed E-state index contributed by atoms with van der Waals surface area (Å²) in [7, 11) is 0. The number of nitrogens with one attached hydrogen (secondary N) is 1. The van der Waals surface area contributed by atoms with E-state index < -0.39 is 23.7 Å². The van der Waals surface area contributed by atoms with Crippen LogP contribution in [-0.2, 0) is 4.79 Å². The van der Waals surface area contributed by atoms with Crippen molar-refractivity contribution in [2.45, 2.75) is 19.4 Å². The van der Waals surface area contributed by atoms with E-state index in [0.717, 1.165) is 0 Å². The predicted octanol–water partition coefficient (Wildman–Crippen LogP) is 2.07. The zero-order chi connectivity index (χ0) is 14.4. The lowest BCUT2D eigenvalue weighted by molar-refractivity contribution is -0.139. The lowest BCUT2D eigenvalue weighted by Gasteiger charge is -2.14. The number of rotatable bonds is 6. The van der Waals surface area contributed by atoms with Crippen LogP contribution in [0, 0.1) is 12.7 Å². The average Bonchev–Trinajstić information content (AvgIpc) is 2.37. The molecule has 0 aliphatic rings. The molecular weight excluding hydrogens is 269 g/mol. The minimum atomic E-state index is -1.07. The van der Waals surface area contributed by atoms with Crippen LogP contribution < -0.4 is 5.32 Å². The molecule has 0 aliphatic heterocycles. The van der Waals surface area contributed by atoms with Crippen LogP contribution in [0.4, 0.5) is 4.39 Å². The van der Waals surface area contributed by atoms with E-state index in [1.807, 2.05) is 6.26 Å². The molecular formula is C13H16FNO3S. The summed E-state index contributed by atoms with van der Waals surface area (Å²) >= 11 is 1.51. The van der Waals surface area contributed by atoms with Gasteiger partial charge in [-0.25, -0.2) is 9.18 Å². The van der Waals surface area contributed by atoms with E-state index in [2.05, 4.69) is 5.32 Å². The fraction of sp³-hybridized carbons (Fsp3) is 0.385. The zero-order valence-electron chi connectivity index (χ0n) is 10.8. The highest BCUT2D eigenvalue weighted by Crippen LogP contribution is 2.10. The monoisotopic (exact) mass is 285 g/mol. The van der Waals surface area contributed by atoms with E-state index >= 15 is 0 Å². The van der Waals surface area contributed by atoms with Crippen molar-refractivity contribution in [3.8, 4) is 0 Å². The molecule has 0 radical (unpaired) electrons. The number of aryl methyl sites for hydroxylation is 1. The van der Waals surface area contributed by atoms with Crippen LogP contribution in [0.5, 0.6) is 0 Å². The van der Waals surface area contributed by atoms with Crippen LogP contribution in [0.3, 0.4) is 0 Å². The van der Waals surface area contributed by atoms with Crippen molar-refractivity contribution >= 4 is 23.6 Å². The van der Waals surface area contributed by atoms with Crippen LogP contribution in [0.2, 0.25) is 0 Å². The third-order valence-electron chi connectivity index (χ3n) is 2.63. The van der Waals surface area contributed by atoms with Gasteiger partial charge in [-0.05, 0) is 49.1 Å². The highest BCUT2D eigenvalue weighted by Gasteiger charge is 2.20. The number of halogens is 1. The summed E-state index contributed by atoms with van der Waals surface area (Å²) in [6.45, 7) is 1.55. The molecule has 0 saturated heterocycles. The molecule has 0 aromatic heterocycles. The van der Waals surface area contributed by atoms with Gasteiger partial charge in [-0.3, -0.25) is 4.79 Å². The van der Waals surface area contributed by atoms with Crippen molar-refractivity contribution in [1.82, 2.24) is 5.32 Å². The Morgan fingerprint density at radius 1 is 1.47 bits per heavy atom. The molecule has 104 valence electrons. The molecule has 0 aliphatic carbocycles. The number of carbonyl (C=O) groups excluding carboxylic acids is 1. The fourth-order valence-corrected chi connectivity index (χ4v) is 1.99. The van der Waals surface area contributed by atoms with Crippen LogP contribution in [-0.4, -0.2) is 35.0 Å². The van der Waals surface area contributed by atoms with E-state index in [9.17, 15) is 14.0 Å². The maximum atomic E-state index is 13.1. The van der Waals surface area contributed by atoms with Crippen molar-refractivity contribution < 1.29 is 19.1 Å². The molecule has 1 aromatic carbocycles. The quantitative estimate of drug-likeness (QED) is 0.839. The Labute approximate surface area is 115 Å². The van der Waals surface area contributed by atoms with Crippen molar-refractivity contribution in [3.63, 3.8) is 0 Å². The lowest BCUT2D eigenvalue weighted by atomic mass is 10.1. The fourth-order valence-electron chi connectivity index (χ4n) is 1.52. The van der Waals surface area contributed by atoms with Gasteiger partial charge in [-0.2, -0.15) is 11.8 Å². The predicted molar refractivity (Wildman–Crippen MR) is 73.0 cm³/mol. The van der Waals surface area contributed by atoms with Crippen molar-refractivity contribution in [1.29, 1.82) is 0 Å². The second kappa shape index (κ2) is 7.13. The lowest BCUT2D eigenvalue weighted by Crippen LogP contribution is -2.41. The van der Waals surface area contributed by atoms with Crippen LogP contribution >= 0.6 is 11.8 Å². The first-order chi connectivity index (χ1) is 8.95. The molecule has 19 heavy (non-hydrogen) atoms. The smallest absolute Gasteiger partial charge is 0.326 e. The van der Waals surface area contributed by atoms with Gasteiger partial charge in [0.25, 0.3) is 5.91 Å². The second-order valence-electron chi connectivity index (χ2n) is 4.11. The molecule has 0 heterocycles. The summed E-state index contributed by atoms with van der Waals surface area (Å²) in [4.78, 5) is 22.9. The standard InChI is InChI=1S/C13H16FNO3S/c1-8-7-9(3-4-10(8)14)12(16)15-11(13(17)18)5-6-19-2/h3-4,7,11H,5-6H2,1-2H3,(H,15,16)(H,17,18)/t11-/m1/s1. The van der Waals surface area contributed by atoms with Crippen molar-refractivity contribution in [3.05, 3.63) is 35.1 Å². The number of carboxylic acids is 1. The Bertz CT molecular complexity index is 479. The summed E-state index contributed by atoms with van der Waals surface area (Å²) in [5.41, 5.74) is 0.609. The van der Waals surface area contributed by atoms with E-state index in [1.165, 1.54) is 30.0 Å². The van der Waals surface area contributed by atoms with Gasteiger partial charge in [-0.1, -0.05) is 0 Å². The summed E-state index contributed by atoms with van der Waals surface area (Å²) in [5.74, 6) is -1.33. The Balaban J connectivity index is 2.75. The molecule has 1 rings (SSSR count). The topological polar surface area (TPSA) is 66.4 Å². The SMILES string of the molecule is CSCC[C@@H](NC(=O)c1ccc(F)c(C)c1)C(=O)O. The number of benzene rings is 1. The number of thioether (sulfide) groups is 1. The van der Waals surface area contributed by atoms with E-state index in [-0.39, 0.29) is 5.56 Å². The Kier molecular flexibility index (Phi) is 5.82. The van der Waals surface area contributed by atoms with Crippen molar-refractivity contribution in [2.75, 3.05) is 12.0 Å². The molecule has 0 bridgehead atoms. The van der Waals surface area contributed by atoms with E-state index in [1.54, 1.807) is 6.92 Å². The van der Waals surface area contributed by atoms with Gasteiger partial charge in [0.1, 0.15) is 11.9 Å². The molecule has 0 saturated carbocycles. The number of hydrogen-bond acceptors (Lipinski definition) is 3. The van der Waals surface area contributed by atoms with Gasteiger partial charge in [-0.15, -0.1) is 0 Å². The third kappa shape index (κ3) is 4.55. The Hall–Kier alpha value is -1.56. The van der Waals surface area contributed by atoms with Gasteiger partial charge < -0.3 is 10.4 Å².